The lowest BCUT2D eigenvalue weighted by molar-refractivity contribution is 0.319. The van der Waals surface area contributed by atoms with E-state index in [1.165, 1.54) is 19.3 Å². The SMILES string of the molecule is O=c1c2ccsc2[nH]c(=S)n1[C@@H]1C[C@H]2CC[C@@H]1C2. The van der Waals surface area contributed by atoms with Crippen molar-refractivity contribution in [3.05, 3.63) is 26.6 Å². The molecule has 2 bridgehead atoms. The van der Waals surface area contributed by atoms with E-state index in [2.05, 4.69) is 4.98 Å². The van der Waals surface area contributed by atoms with Crippen molar-refractivity contribution >= 4 is 33.8 Å². The highest BCUT2D eigenvalue weighted by molar-refractivity contribution is 7.71. The summed E-state index contributed by atoms with van der Waals surface area (Å²) in [5.74, 6) is 1.48. The van der Waals surface area contributed by atoms with Crippen LogP contribution in [0.1, 0.15) is 31.7 Å². The van der Waals surface area contributed by atoms with Crippen LogP contribution in [0.25, 0.3) is 10.2 Å². The van der Waals surface area contributed by atoms with Gasteiger partial charge in [0.05, 0.1) is 5.39 Å². The molecule has 2 fully saturated rings. The van der Waals surface area contributed by atoms with Crippen molar-refractivity contribution in [2.24, 2.45) is 11.8 Å². The number of fused-ring (bicyclic) bond motifs is 3. The normalized spacial score (nSPS) is 30.3. The number of hydrogen-bond donors (Lipinski definition) is 1. The Balaban J connectivity index is 1.95. The number of nitrogens with zero attached hydrogens (tertiary/aromatic N) is 1. The first-order chi connectivity index (χ1) is 8.74. The van der Waals surface area contributed by atoms with Gasteiger partial charge < -0.3 is 4.98 Å². The fourth-order valence-electron chi connectivity index (χ4n) is 3.78. The van der Waals surface area contributed by atoms with Gasteiger partial charge in [-0.1, -0.05) is 6.42 Å². The van der Waals surface area contributed by atoms with Crippen LogP contribution >= 0.6 is 23.6 Å². The number of H-pyrrole nitrogens is 1. The van der Waals surface area contributed by atoms with Crippen molar-refractivity contribution in [3.63, 3.8) is 0 Å². The molecule has 2 saturated carbocycles. The van der Waals surface area contributed by atoms with Crippen molar-refractivity contribution < 1.29 is 0 Å². The lowest BCUT2D eigenvalue weighted by Gasteiger charge is -2.23. The Morgan fingerprint density at radius 1 is 1.39 bits per heavy atom. The second-order valence-electron chi connectivity index (χ2n) is 5.51. The van der Waals surface area contributed by atoms with Gasteiger partial charge in [-0.2, -0.15) is 0 Å². The predicted octanol–water partition coefficient (Wildman–Crippen LogP) is 3.48. The molecule has 2 aliphatic carbocycles. The average Bonchev–Trinajstić information content (AvgIpc) is 3.02. The molecule has 0 radical (unpaired) electrons. The van der Waals surface area contributed by atoms with Crippen LogP contribution in [0.4, 0.5) is 0 Å². The molecule has 0 aromatic carbocycles. The van der Waals surface area contributed by atoms with Crippen LogP contribution in [0.15, 0.2) is 16.2 Å². The lowest BCUT2D eigenvalue weighted by Crippen LogP contribution is -2.29. The number of aromatic amines is 1. The minimum Gasteiger partial charge on any atom is -0.323 e. The first-order valence-electron chi connectivity index (χ1n) is 6.46. The van der Waals surface area contributed by atoms with Crippen LogP contribution in [-0.2, 0) is 0 Å². The Bertz CT molecular complexity index is 726. The number of aromatic nitrogens is 2. The van der Waals surface area contributed by atoms with Gasteiger partial charge in [-0.15, -0.1) is 11.3 Å². The topological polar surface area (TPSA) is 37.8 Å². The molecule has 2 aliphatic rings. The lowest BCUT2D eigenvalue weighted by atomic mass is 9.95. The Kier molecular flexibility index (Phi) is 2.29. The third kappa shape index (κ3) is 1.40. The molecule has 0 spiro atoms. The number of hydrogen-bond acceptors (Lipinski definition) is 3. The van der Waals surface area contributed by atoms with Crippen LogP contribution in [-0.4, -0.2) is 9.55 Å². The van der Waals surface area contributed by atoms with E-state index in [1.807, 2.05) is 16.0 Å². The van der Waals surface area contributed by atoms with Gasteiger partial charge in [-0.05, 0) is 54.8 Å². The molecule has 0 saturated heterocycles. The molecule has 18 heavy (non-hydrogen) atoms. The van der Waals surface area contributed by atoms with Crippen LogP contribution in [0, 0.1) is 16.6 Å². The van der Waals surface area contributed by atoms with Crippen LogP contribution in [0.2, 0.25) is 0 Å². The smallest absolute Gasteiger partial charge is 0.263 e. The molecule has 2 aromatic rings. The second kappa shape index (κ2) is 3.78. The number of nitrogens with one attached hydrogen (secondary N) is 1. The van der Waals surface area contributed by atoms with Crippen molar-refractivity contribution in [2.75, 3.05) is 0 Å². The van der Waals surface area contributed by atoms with Crippen LogP contribution in [0.3, 0.4) is 0 Å². The van der Waals surface area contributed by atoms with Crippen molar-refractivity contribution in [1.29, 1.82) is 0 Å². The number of rotatable bonds is 1. The maximum Gasteiger partial charge on any atom is 0.263 e. The minimum absolute atomic E-state index is 0.104. The minimum atomic E-state index is 0.104. The van der Waals surface area contributed by atoms with E-state index in [0.29, 0.717) is 16.7 Å². The zero-order valence-corrected chi connectivity index (χ0v) is 11.5. The van der Waals surface area contributed by atoms with E-state index in [9.17, 15) is 4.79 Å². The van der Waals surface area contributed by atoms with E-state index in [0.717, 1.165) is 22.6 Å². The summed E-state index contributed by atoms with van der Waals surface area (Å²) < 4.78 is 2.46. The molecule has 2 aromatic heterocycles. The zero-order chi connectivity index (χ0) is 12.3. The summed E-state index contributed by atoms with van der Waals surface area (Å²) in [5.41, 5.74) is 0.104. The third-order valence-electron chi connectivity index (χ3n) is 4.59. The quantitative estimate of drug-likeness (QED) is 0.811. The van der Waals surface area contributed by atoms with Gasteiger partial charge in [0.25, 0.3) is 5.56 Å². The Morgan fingerprint density at radius 2 is 2.28 bits per heavy atom. The first-order valence-corrected chi connectivity index (χ1v) is 7.75. The third-order valence-corrected chi connectivity index (χ3v) is 5.71. The van der Waals surface area contributed by atoms with Gasteiger partial charge in [0.2, 0.25) is 0 Å². The molecular formula is C13H14N2OS2. The summed E-state index contributed by atoms with van der Waals surface area (Å²) in [5, 5.41) is 2.74. The highest BCUT2D eigenvalue weighted by Gasteiger charge is 2.41. The molecule has 0 amide bonds. The average molecular weight is 278 g/mol. The summed E-state index contributed by atoms with van der Waals surface area (Å²) >= 11 is 6.95. The number of thiophene rings is 1. The highest BCUT2D eigenvalue weighted by atomic mass is 32.1. The molecule has 3 atom stereocenters. The maximum absolute atomic E-state index is 12.6. The molecule has 5 heteroatoms. The van der Waals surface area contributed by atoms with Crippen LogP contribution in [0.5, 0.6) is 0 Å². The standard InChI is InChI=1S/C13H14N2OS2/c16-12-9-3-4-18-11(9)14-13(17)15(12)10-6-7-1-2-8(10)5-7/h3-4,7-8,10H,1-2,5-6H2,(H,14,17)/t7-,8+,10+/m0/s1. The molecule has 0 aliphatic heterocycles. The summed E-state index contributed by atoms with van der Waals surface area (Å²) in [6, 6.07) is 2.24. The maximum atomic E-state index is 12.6. The summed E-state index contributed by atoms with van der Waals surface area (Å²) in [6.07, 6.45) is 5.02. The Morgan fingerprint density at radius 3 is 3.00 bits per heavy atom. The van der Waals surface area contributed by atoms with E-state index < -0.39 is 0 Å². The van der Waals surface area contributed by atoms with Crippen molar-refractivity contribution in [1.82, 2.24) is 9.55 Å². The van der Waals surface area contributed by atoms with Gasteiger partial charge in [0.15, 0.2) is 4.77 Å². The molecule has 2 heterocycles. The first kappa shape index (κ1) is 10.9. The fourth-order valence-corrected chi connectivity index (χ4v) is 4.95. The van der Waals surface area contributed by atoms with Crippen molar-refractivity contribution in [3.8, 4) is 0 Å². The van der Waals surface area contributed by atoms with Gasteiger partial charge >= 0.3 is 0 Å². The molecule has 94 valence electrons. The monoisotopic (exact) mass is 278 g/mol. The highest BCUT2D eigenvalue weighted by Crippen LogP contribution is 2.50. The summed E-state index contributed by atoms with van der Waals surface area (Å²) in [6.45, 7) is 0. The van der Waals surface area contributed by atoms with Gasteiger partial charge in [-0.3, -0.25) is 9.36 Å². The molecule has 1 N–H and O–H groups in total. The fraction of sp³-hybridized carbons (Fsp3) is 0.538. The predicted molar refractivity (Wildman–Crippen MR) is 75.8 cm³/mol. The Labute approximate surface area is 113 Å². The van der Waals surface area contributed by atoms with Gasteiger partial charge in [0, 0.05) is 6.04 Å². The summed E-state index contributed by atoms with van der Waals surface area (Å²) in [4.78, 5) is 16.7. The molecule has 0 unspecified atom stereocenters. The largest absolute Gasteiger partial charge is 0.323 e. The molecule has 3 nitrogen and oxygen atoms in total. The van der Waals surface area contributed by atoms with E-state index >= 15 is 0 Å². The Hall–Kier alpha value is -0.940. The van der Waals surface area contributed by atoms with E-state index in [1.54, 1.807) is 11.3 Å². The van der Waals surface area contributed by atoms with Gasteiger partial charge in [0.1, 0.15) is 4.83 Å². The molecule has 4 rings (SSSR count). The van der Waals surface area contributed by atoms with E-state index in [-0.39, 0.29) is 5.56 Å². The van der Waals surface area contributed by atoms with E-state index in [4.69, 9.17) is 12.2 Å². The van der Waals surface area contributed by atoms with Crippen LogP contribution < -0.4 is 5.56 Å². The summed E-state index contributed by atoms with van der Waals surface area (Å²) in [7, 11) is 0. The second-order valence-corrected chi connectivity index (χ2v) is 6.81. The zero-order valence-electron chi connectivity index (χ0n) is 9.89. The van der Waals surface area contributed by atoms with Gasteiger partial charge in [-0.25, -0.2) is 0 Å². The van der Waals surface area contributed by atoms with Crippen molar-refractivity contribution in [2.45, 2.75) is 31.7 Å². The molecular weight excluding hydrogens is 264 g/mol.